The lowest BCUT2D eigenvalue weighted by atomic mass is 9.94. The van der Waals surface area contributed by atoms with Gasteiger partial charge in [0, 0.05) is 19.9 Å². The second kappa shape index (κ2) is 8.48. The van der Waals surface area contributed by atoms with Crippen LogP contribution in [0.15, 0.2) is 35.5 Å². The predicted octanol–water partition coefficient (Wildman–Crippen LogP) is 1.63. The number of hydrogen-bond acceptors (Lipinski definition) is 6. The molecule has 0 aromatic heterocycles. The minimum absolute atomic E-state index is 0.109. The quantitative estimate of drug-likeness (QED) is 0.611. The van der Waals surface area contributed by atoms with Gasteiger partial charge in [0.05, 0.1) is 30.9 Å². The van der Waals surface area contributed by atoms with Crippen molar-refractivity contribution < 1.29 is 28.6 Å². The highest BCUT2D eigenvalue weighted by Gasteiger charge is 2.35. The van der Waals surface area contributed by atoms with Gasteiger partial charge in [-0.3, -0.25) is 0 Å². The fraction of sp³-hybridized carbons (Fsp3) is 0.389. The van der Waals surface area contributed by atoms with Crippen molar-refractivity contribution in [3.05, 3.63) is 46.7 Å². The van der Waals surface area contributed by atoms with Gasteiger partial charge in [-0.05, 0) is 24.6 Å². The average molecular weight is 362 g/mol. The monoisotopic (exact) mass is 362 g/mol. The summed E-state index contributed by atoms with van der Waals surface area (Å²) in [5, 5.41) is 2.78. The number of carbonyl (C=O) groups is 3. The van der Waals surface area contributed by atoms with Crippen molar-refractivity contribution in [1.82, 2.24) is 10.2 Å². The number of carbonyl (C=O) groups excluding carboxylic acids is 3. The molecule has 1 heterocycles. The molecule has 1 aliphatic rings. The number of methoxy groups -OCH3 is 2. The number of nitrogens with zero attached hydrogens (tertiary/aromatic N) is 1. The van der Waals surface area contributed by atoms with Crippen molar-refractivity contribution in [2.24, 2.45) is 0 Å². The van der Waals surface area contributed by atoms with Crippen molar-refractivity contribution in [2.45, 2.75) is 13.0 Å². The van der Waals surface area contributed by atoms with E-state index >= 15 is 0 Å². The molecule has 26 heavy (non-hydrogen) atoms. The second-order valence-electron chi connectivity index (χ2n) is 5.68. The van der Waals surface area contributed by atoms with Crippen LogP contribution in [-0.2, 0) is 19.0 Å². The summed E-state index contributed by atoms with van der Waals surface area (Å²) in [6.45, 7) is 2.07. The van der Waals surface area contributed by atoms with Crippen molar-refractivity contribution in [1.29, 1.82) is 0 Å². The number of nitrogens with one attached hydrogen (secondary N) is 1. The second-order valence-corrected chi connectivity index (χ2v) is 5.68. The van der Waals surface area contributed by atoms with Gasteiger partial charge >= 0.3 is 18.0 Å². The van der Waals surface area contributed by atoms with E-state index < -0.39 is 18.0 Å². The van der Waals surface area contributed by atoms with Gasteiger partial charge in [-0.25, -0.2) is 14.4 Å². The maximum atomic E-state index is 12.6. The average Bonchev–Trinajstić information content (AvgIpc) is 2.65. The summed E-state index contributed by atoms with van der Waals surface area (Å²) in [5.74, 6) is -0.997. The zero-order valence-corrected chi connectivity index (χ0v) is 15.2. The largest absolute Gasteiger partial charge is 0.465 e. The van der Waals surface area contributed by atoms with Gasteiger partial charge < -0.3 is 24.4 Å². The standard InChI is InChI=1S/C18H22N2O6/c1-11-14(17(22)26-10-9-24-3)15(19-18(23)20(11)2)12-5-7-13(8-6-12)16(21)25-4/h5-8,15H,9-10H2,1-4H3,(H,19,23)/t15-/m0/s1. The molecule has 140 valence electrons. The van der Waals surface area contributed by atoms with Gasteiger partial charge in [0.25, 0.3) is 0 Å². The Morgan fingerprint density at radius 3 is 2.35 bits per heavy atom. The van der Waals surface area contributed by atoms with Crippen LogP contribution >= 0.6 is 0 Å². The van der Waals surface area contributed by atoms with Crippen molar-refractivity contribution in [2.75, 3.05) is 34.5 Å². The van der Waals surface area contributed by atoms with Gasteiger partial charge in [-0.1, -0.05) is 12.1 Å². The van der Waals surface area contributed by atoms with E-state index in [-0.39, 0.29) is 19.2 Å². The summed E-state index contributed by atoms with van der Waals surface area (Å²) in [4.78, 5) is 37.7. The highest BCUT2D eigenvalue weighted by atomic mass is 16.6. The number of hydrogen-bond donors (Lipinski definition) is 1. The van der Waals surface area contributed by atoms with Crippen LogP contribution in [0, 0.1) is 0 Å². The van der Waals surface area contributed by atoms with E-state index in [1.165, 1.54) is 19.1 Å². The number of allylic oxidation sites excluding steroid dienone is 1. The van der Waals surface area contributed by atoms with Crippen LogP contribution in [0.5, 0.6) is 0 Å². The van der Waals surface area contributed by atoms with Crippen LogP contribution in [0.1, 0.15) is 28.9 Å². The summed E-state index contributed by atoms with van der Waals surface area (Å²) in [6, 6.07) is 5.47. The minimum atomic E-state index is -0.680. The molecule has 1 atom stereocenters. The first-order chi connectivity index (χ1) is 12.4. The smallest absolute Gasteiger partial charge is 0.338 e. The summed E-state index contributed by atoms with van der Waals surface area (Å²) in [7, 11) is 4.38. The highest BCUT2D eigenvalue weighted by molar-refractivity contribution is 5.95. The molecule has 1 aromatic carbocycles. The Morgan fingerprint density at radius 2 is 1.77 bits per heavy atom. The number of ether oxygens (including phenoxy) is 3. The van der Waals surface area contributed by atoms with E-state index in [0.717, 1.165) is 0 Å². The van der Waals surface area contributed by atoms with E-state index in [4.69, 9.17) is 9.47 Å². The molecule has 1 aromatic rings. The molecule has 0 fully saturated rings. The van der Waals surface area contributed by atoms with E-state index in [2.05, 4.69) is 10.1 Å². The SMILES string of the molecule is COCCOC(=O)C1=C(C)N(C)C(=O)N[C@H]1c1ccc(C(=O)OC)cc1. The number of rotatable bonds is 6. The molecular weight excluding hydrogens is 340 g/mol. The van der Waals surface area contributed by atoms with E-state index in [9.17, 15) is 14.4 Å². The fourth-order valence-electron chi connectivity index (χ4n) is 2.57. The van der Waals surface area contributed by atoms with Crippen LogP contribution in [0.25, 0.3) is 0 Å². The van der Waals surface area contributed by atoms with Crippen molar-refractivity contribution in [3.63, 3.8) is 0 Å². The van der Waals surface area contributed by atoms with E-state index in [0.29, 0.717) is 22.4 Å². The Morgan fingerprint density at radius 1 is 1.12 bits per heavy atom. The van der Waals surface area contributed by atoms with Crippen LogP contribution in [0.2, 0.25) is 0 Å². The summed E-state index contributed by atoms with van der Waals surface area (Å²) >= 11 is 0. The lowest BCUT2D eigenvalue weighted by Crippen LogP contribution is -2.46. The first kappa shape index (κ1) is 19.5. The molecule has 8 heteroatoms. The Balaban J connectivity index is 2.35. The summed E-state index contributed by atoms with van der Waals surface area (Å²) in [6.07, 6.45) is 0. The van der Waals surface area contributed by atoms with Crippen LogP contribution in [0.3, 0.4) is 0 Å². The molecule has 0 spiro atoms. The highest BCUT2D eigenvalue weighted by Crippen LogP contribution is 2.30. The van der Waals surface area contributed by atoms with E-state index in [1.54, 1.807) is 38.2 Å². The molecule has 1 aliphatic heterocycles. The third-order valence-corrected chi connectivity index (χ3v) is 4.16. The molecule has 2 amide bonds. The zero-order valence-electron chi connectivity index (χ0n) is 15.2. The van der Waals surface area contributed by atoms with Gasteiger partial charge in [0.15, 0.2) is 0 Å². The van der Waals surface area contributed by atoms with Crippen molar-refractivity contribution in [3.8, 4) is 0 Å². The molecule has 0 bridgehead atoms. The van der Waals surface area contributed by atoms with Gasteiger partial charge in [-0.15, -0.1) is 0 Å². The number of esters is 2. The topological polar surface area (TPSA) is 94.2 Å². The van der Waals surface area contributed by atoms with Crippen molar-refractivity contribution >= 4 is 18.0 Å². The molecular formula is C18H22N2O6. The Labute approximate surface area is 151 Å². The molecule has 0 unspecified atom stereocenters. The predicted molar refractivity (Wildman–Crippen MR) is 92.4 cm³/mol. The summed E-state index contributed by atoms with van der Waals surface area (Å²) < 4.78 is 14.8. The van der Waals surface area contributed by atoms with E-state index in [1.807, 2.05) is 0 Å². The summed E-state index contributed by atoms with van der Waals surface area (Å²) in [5.41, 5.74) is 1.85. The first-order valence-electron chi connectivity index (χ1n) is 8.00. The Bertz CT molecular complexity index is 726. The number of urea groups is 1. The maximum absolute atomic E-state index is 12.6. The molecule has 8 nitrogen and oxygen atoms in total. The molecule has 2 rings (SSSR count). The van der Waals surface area contributed by atoms with Crippen LogP contribution in [-0.4, -0.2) is 57.4 Å². The molecule has 0 saturated carbocycles. The number of amides is 2. The zero-order chi connectivity index (χ0) is 19.3. The van der Waals surface area contributed by atoms with Gasteiger partial charge in [0.1, 0.15) is 6.61 Å². The third kappa shape index (κ3) is 4.02. The lowest BCUT2D eigenvalue weighted by molar-refractivity contribution is -0.140. The molecule has 0 radical (unpaired) electrons. The molecule has 0 aliphatic carbocycles. The van der Waals surface area contributed by atoms with Gasteiger partial charge in [-0.2, -0.15) is 0 Å². The van der Waals surface area contributed by atoms with Crippen LogP contribution < -0.4 is 5.32 Å². The first-order valence-corrected chi connectivity index (χ1v) is 8.00. The van der Waals surface area contributed by atoms with Crippen LogP contribution in [0.4, 0.5) is 4.79 Å². The molecule has 0 saturated heterocycles. The Hall–Kier alpha value is -2.87. The molecule has 1 N–H and O–H groups in total. The van der Waals surface area contributed by atoms with Gasteiger partial charge in [0.2, 0.25) is 0 Å². The number of benzene rings is 1. The normalized spacial score (nSPS) is 17.0. The minimum Gasteiger partial charge on any atom is -0.465 e. The fourth-order valence-corrected chi connectivity index (χ4v) is 2.57. The third-order valence-electron chi connectivity index (χ3n) is 4.16. The maximum Gasteiger partial charge on any atom is 0.338 e. The lowest BCUT2D eigenvalue weighted by Gasteiger charge is -2.33. The Kier molecular flexibility index (Phi) is 6.35.